The molecule has 1 unspecified atom stereocenters. The molecule has 1 N–H and O–H groups in total. The number of halogens is 1. The minimum absolute atomic E-state index is 0.0664. The molecule has 1 aromatic carbocycles. The number of hydrogen-bond donors (Lipinski definition) is 1. The van der Waals surface area contributed by atoms with Gasteiger partial charge in [-0.1, -0.05) is 35.8 Å². The van der Waals surface area contributed by atoms with Gasteiger partial charge in [-0.25, -0.2) is 0 Å². The van der Waals surface area contributed by atoms with E-state index in [1.165, 1.54) is 0 Å². The van der Waals surface area contributed by atoms with Crippen LogP contribution in [0.4, 0.5) is 0 Å². The lowest BCUT2D eigenvalue weighted by molar-refractivity contribution is -0.114. The van der Waals surface area contributed by atoms with E-state index in [9.17, 15) is 9.90 Å². The molecule has 124 valence electrons. The lowest BCUT2D eigenvalue weighted by Gasteiger charge is -2.30. The maximum Gasteiger partial charge on any atom is 0.167 e. The van der Waals surface area contributed by atoms with Crippen molar-refractivity contribution in [1.82, 2.24) is 0 Å². The van der Waals surface area contributed by atoms with Gasteiger partial charge in [0.05, 0.1) is 5.57 Å². The third kappa shape index (κ3) is 3.26. The van der Waals surface area contributed by atoms with E-state index in [-0.39, 0.29) is 11.7 Å². The first-order valence-electron chi connectivity index (χ1n) is 8.76. The van der Waals surface area contributed by atoms with Gasteiger partial charge >= 0.3 is 0 Å². The van der Waals surface area contributed by atoms with Crippen molar-refractivity contribution < 1.29 is 9.90 Å². The van der Waals surface area contributed by atoms with Gasteiger partial charge < -0.3 is 5.11 Å². The third-order valence-corrected chi connectivity index (χ3v) is 6.25. The Morgan fingerprint density at radius 2 is 1.91 bits per heavy atom. The summed E-state index contributed by atoms with van der Waals surface area (Å²) in [7, 11) is 0. The molecular formula is C20H25BrO2. The second-order valence-corrected chi connectivity index (χ2v) is 8.03. The zero-order valence-electron chi connectivity index (χ0n) is 13.9. The Bertz CT molecular complexity index is 639. The zero-order chi connectivity index (χ0) is 16.6. The Labute approximate surface area is 147 Å². The van der Waals surface area contributed by atoms with Gasteiger partial charge in [0.1, 0.15) is 5.76 Å². The second kappa shape index (κ2) is 6.80. The average molecular weight is 377 g/mol. The molecule has 3 aliphatic carbocycles. The van der Waals surface area contributed by atoms with Crippen LogP contribution in [0.3, 0.4) is 0 Å². The molecule has 0 aromatic heterocycles. The maximum absolute atomic E-state index is 13.0. The minimum Gasteiger partial charge on any atom is -0.511 e. The number of carbonyl (C=O) groups excluding carboxylic acids is 1. The molecule has 0 aliphatic heterocycles. The number of allylic oxidation sites excluding steroid dienone is 2. The predicted molar refractivity (Wildman–Crippen MR) is 97.3 cm³/mol. The number of hydrogen-bond acceptors (Lipinski definition) is 2. The lowest BCUT2D eigenvalue weighted by Crippen LogP contribution is -2.20. The van der Waals surface area contributed by atoms with Crippen molar-refractivity contribution in [3.8, 4) is 0 Å². The Hall–Kier alpha value is -1.09. The van der Waals surface area contributed by atoms with Crippen LogP contribution in [0.25, 0.3) is 5.57 Å². The molecule has 0 radical (unpaired) electrons. The molecule has 0 saturated heterocycles. The van der Waals surface area contributed by atoms with E-state index < -0.39 is 0 Å². The van der Waals surface area contributed by atoms with Gasteiger partial charge in [-0.2, -0.15) is 0 Å². The van der Waals surface area contributed by atoms with Gasteiger partial charge in [-0.3, -0.25) is 4.79 Å². The van der Waals surface area contributed by atoms with Crippen LogP contribution in [0.2, 0.25) is 0 Å². The Kier molecular flexibility index (Phi) is 4.96. The normalized spacial score (nSPS) is 31.6. The Morgan fingerprint density at radius 1 is 1.22 bits per heavy atom. The van der Waals surface area contributed by atoms with Crippen molar-refractivity contribution in [2.45, 2.75) is 52.4 Å². The van der Waals surface area contributed by atoms with Crippen molar-refractivity contribution >= 4 is 27.3 Å². The molecular weight excluding hydrogens is 352 g/mol. The first kappa shape index (κ1) is 16.8. The molecule has 1 fully saturated rings. The molecule has 3 heteroatoms. The number of fused-ring (bicyclic) bond motifs is 5. The van der Waals surface area contributed by atoms with Gasteiger partial charge in [-0.15, -0.1) is 0 Å². The maximum atomic E-state index is 13.0. The number of aliphatic hydroxyl groups is 1. The van der Waals surface area contributed by atoms with Crippen molar-refractivity contribution in [3.63, 3.8) is 0 Å². The number of ketones is 1. The largest absolute Gasteiger partial charge is 0.511 e. The summed E-state index contributed by atoms with van der Waals surface area (Å²) in [5.41, 5.74) is 2.62. The van der Waals surface area contributed by atoms with Crippen molar-refractivity contribution in [2.75, 3.05) is 0 Å². The van der Waals surface area contributed by atoms with Crippen molar-refractivity contribution in [1.29, 1.82) is 0 Å². The van der Waals surface area contributed by atoms with E-state index in [0.29, 0.717) is 29.6 Å². The molecule has 3 aliphatic rings. The highest BCUT2D eigenvalue weighted by Crippen LogP contribution is 2.42. The van der Waals surface area contributed by atoms with E-state index in [4.69, 9.17) is 0 Å². The Morgan fingerprint density at radius 3 is 2.57 bits per heavy atom. The fourth-order valence-electron chi connectivity index (χ4n) is 4.23. The van der Waals surface area contributed by atoms with Crippen molar-refractivity contribution in [2.24, 2.45) is 17.8 Å². The van der Waals surface area contributed by atoms with E-state index >= 15 is 0 Å². The summed E-state index contributed by atoms with van der Waals surface area (Å²) in [6.45, 7) is 4.18. The fraction of sp³-hybridized carbons (Fsp3) is 0.550. The van der Waals surface area contributed by atoms with Crippen molar-refractivity contribution in [3.05, 3.63) is 39.6 Å². The molecule has 23 heavy (non-hydrogen) atoms. The Balaban J connectivity index is 2.15. The van der Waals surface area contributed by atoms with Crippen LogP contribution >= 0.6 is 15.9 Å². The van der Waals surface area contributed by atoms with Crippen LogP contribution in [0.15, 0.2) is 28.4 Å². The van der Waals surface area contributed by atoms with Crippen LogP contribution in [-0.4, -0.2) is 10.9 Å². The molecule has 2 bridgehead atoms. The molecule has 4 rings (SSSR count). The molecule has 1 aromatic rings. The SMILES string of the molecule is CCc1ccc(Br)cc1/C1=C(\O)C(C)[C@H]2CC[C@H](CC2)CC1=O. The third-order valence-electron chi connectivity index (χ3n) is 5.76. The second-order valence-electron chi connectivity index (χ2n) is 7.11. The van der Waals surface area contributed by atoms with E-state index in [2.05, 4.69) is 35.8 Å². The summed E-state index contributed by atoms with van der Waals surface area (Å²) < 4.78 is 0.952. The quantitative estimate of drug-likeness (QED) is 0.718. The summed E-state index contributed by atoms with van der Waals surface area (Å²) in [6, 6.07) is 6.06. The summed E-state index contributed by atoms with van der Waals surface area (Å²) in [4.78, 5) is 13.0. The number of aliphatic hydroxyl groups excluding tert-OH is 1. The topological polar surface area (TPSA) is 37.3 Å². The summed E-state index contributed by atoms with van der Waals surface area (Å²) in [6.07, 6.45) is 5.95. The van der Waals surface area contributed by atoms with Gasteiger partial charge in [0.25, 0.3) is 0 Å². The van der Waals surface area contributed by atoms with Crippen LogP contribution < -0.4 is 0 Å². The molecule has 1 atom stereocenters. The first-order chi connectivity index (χ1) is 11.0. The fourth-order valence-corrected chi connectivity index (χ4v) is 4.59. The van der Waals surface area contributed by atoms with E-state index in [1.54, 1.807) is 0 Å². The van der Waals surface area contributed by atoms with E-state index in [0.717, 1.165) is 47.7 Å². The first-order valence-corrected chi connectivity index (χ1v) is 9.55. The molecule has 2 nitrogen and oxygen atoms in total. The van der Waals surface area contributed by atoms with Crippen LogP contribution in [-0.2, 0) is 11.2 Å². The van der Waals surface area contributed by atoms with Gasteiger partial charge in [0, 0.05) is 16.8 Å². The highest BCUT2D eigenvalue weighted by Gasteiger charge is 2.34. The molecule has 0 heterocycles. The van der Waals surface area contributed by atoms with Crippen LogP contribution in [0.1, 0.15) is 57.1 Å². The highest BCUT2D eigenvalue weighted by molar-refractivity contribution is 9.10. The summed E-state index contributed by atoms with van der Waals surface area (Å²) in [5, 5.41) is 11.0. The predicted octanol–water partition coefficient (Wildman–Crippen LogP) is 5.70. The number of carbonyl (C=O) groups is 1. The lowest BCUT2D eigenvalue weighted by atomic mass is 9.76. The van der Waals surface area contributed by atoms with Crippen LogP contribution in [0.5, 0.6) is 0 Å². The van der Waals surface area contributed by atoms with Gasteiger partial charge in [-0.05, 0) is 67.2 Å². The monoisotopic (exact) mass is 376 g/mol. The summed E-state index contributed by atoms with van der Waals surface area (Å²) >= 11 is 3.52. The number of Topliss-reactive ketones (excluding diaryl/α,β-unsaturated/α-hetero) is 1. The highest BCUT2D eigenvalue weighted by atomic mass is 79.9. The minimum atomic E-state index is 0.0664. The number of rotatable bonds is 2. The standard InChI is InChI=1S/C20H25BrO2/c1-3-14-8-9-16(21)11-17(14)19-18(22)10-13-4-6-15(7-5-13)12(2)20(19)23/h8-9,11-13,15,23H,3-7,10H2,1-2H3/b20-19+/t12?,13-,15+. The molecule has 0 amide bonds. The zero-order valence-corrected chi connectivity index (χ0v) is 15.5. The molecule has 0 spiro atoms. The molecule has 1 saturated carbocycles. The number of aryl methyl sites for hydroxylation is 1. The van der Waals surface area contributed by atoms with Gasteiger partial charge in [0.2, 0.25) is 0 Å². The number of benzene rings is 1. The average Bonchev–Trinajstić information content (AvgIpc) is 2.61. The summed E-state index contributed by atoms with van der Waals surface area (Å²) in [5.74, 6) is 1.50. The van der Waals surface area contributed by atoms with E-state index in [1.807, 2.05) is 12.1 Å². The van der Waals surface area contributed by atoms with Crippen LogP contribution in [0, 0.1) is 17.8 Å². The van der Waals surface area contributed by atoms with Gasteiger partial charge in [0.15, 0.2) is 5.78 Å². The smallest absolute Gasteiger partial charge is 0.167 e.